The molecule has 112 valence electrons. The Bertz CT molecular complexity index is 586. The molecule has 0 spiro atoms. The largest absolute Gasteiger partial charge is 0.307 e. The number of para-hydroxylation sites is 1. The highest BCUT2D eigenvalue weighted by Crippen LogP contribution is 2.38. The number of benzene rings is 1. The molecule has 1 N–H and O–H groups in total. The van der Waals surface area contributed by atoms with E-state index in [9.17, 15) is 0 Å². The van der Waals surface area contributed by atoms with Crippen molar-refractivity contribution in [1.82, 2.24) is 15.1 Å². The molecule has 0 bridgehead atoms. The topological polar surface area (TPSA) is 29.9 Å². The second kappa shape index (κ2) is 5.64. The molecule has 3 rings (SSSR count). The highest BCUT2D eigenvalue weighted by atomic mass is 15.3. The Hall–Kier alpha value is -1.61. The molecule has 3 heteroatoms. The van der Waals surface area contributed by atoms with Gasteiger partial charge in [0.2, 0.25) is 0 Å². The van der Waals surface area contributed by atoms with E-state index in [0.29, 0.717) is 17.5 Å². The van der Waals surface area contributed by atoms with Gasteiger partial charge >= 0.3 is 0 Å². The van der Waals surface area contributed by atoms with E-state index in [-0.39, 0.29) is 0 Å². The van der Waals surface area contributed by atoms with Crippen LogP contribution in [0.4, 0.5) is 0 Å². The Kier molecular flexibility index (Phi) is 3.85. The molecule has 3 nitrogen and oxygen atoms in total. The van der Waals surface area contributed by atoms with Crippen LogP contribution in [0.25, 0.3) is 5.69 Å². The maximum atomic E-state index is 4.50. The Morgan fingerprint density at radius 3 is 2.71 bits per heavy atom. The average molecular weight is 283 g/mol. The van der Waals surface area contributed by atoms with Gasteiger partial charge in [0.05, 0.1) is 11.9 Å². The van der Waals surface area contributed by atoms with Crippen LogP contribution in [0, 0.1) is 5.41 Å². The molecule has 1 saturated carbocycles. The van der Waals surface area contributed by atoms with Gasteiger partial charge in [-0.1, -0.05) is 38.5 Å². The normalized spacial score (nSPS) is 22.3. The molecule has 1 fully saturated rings. The maximum Gasteiger partial charge on any atom is 0.0645 e. The molecule has 1 aliphatic rings. The van der Waals surface area contributed by atoms with Gasteiger partial charge in [-0.15, -0.1) is 0 Å². The monoisotopic (exact) mass is 283 g/mol. The highest BCUT2D eigenvalue weighted by Gasteiger charge is 2.35. The van der Waals surface area contributed by atoms with Gasteiger partial charge in [-0.2, -0.15) is 5.10 Å². The van der Waals surface area contributed by atoms with Gasteiger partial charge in [-0.3, -0.25) is 0 Å². The Morgan fingerprint density at radius 1 is 1.29 bits per heavy atom. The molecule has 21 heavy (non-hydrogen) atoms. The van der Waals surface area contributed by atoms with Crippen LogP contribution in [0.3, 0.4) is 0 Å². The van der Waals surface area contributed by atoms with Gasteiger partial charge in [0.1, 0.15) is 0 Å². The summed E-state index contributed by atoms with van der Waals surface area (Å²) < 4.78 is 1.95. The number of rotatable bonds is 4. The second-order valence-corrected chi connectivity index (χ2v) is 6.88. The Balaban J connectivity index is 1.71. The van der Waals surface area contributed by atoms with Gasteiger partial charge in [0.25, 0.3) is 0 Å². The third-order valence-electron chi connectivity index (χ3n) is 4.83. The number of hydrogen-bond donors (Lipinski definition) is 1. The smallest absolute Gasteiger partial charge is 0.0645 e. The van der Waals surface area contributed by atoms with Crippen molar-refractivity contribution in [2.75, 3.05) is 0 Å². The van der Waals surface area contributed by atoms with Crippen molar-refractivity contribution in [3.63, 3.8) is 0 Å². The first kappa shape index (κ1) is 14.3. The molecule has 2 atom stereocenters. The number of nitrogens with one attached hydrogen (secondary N) is 1. The zero-order chi connectivity index (χ0) is 14.9. The lowest BCUT2D eigenvalue weighted by atomic mass is 9.87. The maximum absolute atomic E-state index is 4.50. The van der Waals surface area contributed by atoms with Crippen molar-refractivity contribution in [3.05, 3.63) is 48.3 Å². The van der Waals surface area contributed by atoms with E-state index in [1.54, 1.807) is 0 Å². The van der Waals surface area contributed by atoms with Crippen molar-refractivity contribution in [3.8, 4) is 5.69 Å². The van der Waals surface area contributed by atoms with E-state index in [4.69, 9.17) is 0 Å². The van der Waals surface area contributed by atoms with E-state index < -0.39 is 0 Å². The van der Waals surface area contributed by atoms with Gasteiger partial charge in [-0.25, -0.2) is 4.68 Å². The number of aromatic nitrogens is 2. The SMILES string of the molecule is CC(NC1CCCC1(C)C)c1cnn(-c2ccccc2)c1. The minimum absolute atomic E-state index is 0.338. The van der Waals surface area contributed by atoms with Gasteiger partial charge in [0, 0.05) is 23.8 Å². The molecule has 0 amide bonds. The average Bonchev–Trinajstić information content (AvgIpc) is 3.07. The zero-order valence-corrected chi connectivity index (χ0v) is 13.2. The first-order valence-electron chi connectivity index (χ1n) is 7.92. The number of nitrogens with zero attached hydrogens (tertiary/aromatic N) is 2. The van der Waals surface area contributed by atoms with Crippen molar-refractivity contribution < 1.29 is 0 Å². The van der Waals surface area contributed by atoms with Crippen molar-refractivity contribution in [2.24, 2.45) is 5.41 Å². The van der Waals surface area contributed by atoms with Gasteiger partial charge in [-0.05, 0) is 37.3 Å². The van der Waals surface area contributed by atoms with Crippen molar-refractivity contribution >= 4 is 0 Å². The third-order valence-corrected chi connectivity index (χ3v) is 4.83. The summed E-state index contributed by atoms with van der Waals surface area (Å²) in [6, 6.07) is 11.2. The molecule has 0 saturated heterocycles. The van der Waals surface area contributed by atoms with Crippen LogP contribution in [0.1, 0.15) is 51.6 Å². The summed E-state index contributed by atoms with van der Waals surface area (Å²) in [7, 11) is 0. The van der Waals surface area contributed by atoms with Crippen LogP contribution in [0.15, 0.2) is 42.7 Å². The van der Waals surface area contributed by atoms with Crippen molar-refractivity contribution in [2.45, 2.75) is 52.1 Å². The summed E-state index contributed by atoms with van der Waals surface area (Å²) in [6.07, 6.45) is 8.05. The fourth-order valence-electron chi connectivity index (χ4n) is 3.32. The first-order chi connectivity index (χ1) is 10.1. The summed E-state index contributed by atoms with van der Waals surface area (Å²) >= 11 is 0. The fourth-order valence-corrected chi connectivity index (χ4v) is 3.32. The second-order valence-electron chi connectivity index (χ2n) is 6.88. The molecule has 1 aromatic heterocycles. The lowest BCUT2D eigenvalue weighted by Gasteiger charge is -2.30. The Labute approximate surface area is 127 Å². The lowest BCUT2D eigenvalue weighted by molar-refractivity contribution is 0.266. The molecular weight excluding hydrogens is 258 g/mol. The standard InChI is InChI=1S/C18H25N3/c1-14(20-17-10-7-11-18(17,2)3)15-12-19-21(13-15)16-8-5-4-6-9-16/h4-6,8-9,12-14,17,20H,7,10-11H2,1-3H3. The van der Waals surface area contributed by atoms with Crippen molar-refractivity contribution in [1.29, 1.82) is 0 Å². The summed E-state index contributed by atoms with van der Waals surface area (Å²) in [4.78, 5) is 0. The van der Waals surface area contributed by atoms with Crippen LogP contribution in [0.2, 0.25) is 0 Å². The quantitative estimate of drug-likeness (QED) is 0.915. The van der Waals surface area contributed by atoms with E-state index in [1.165, 1.54) is 24.8 Å². The molecule has 0 radical (unpaired) electrons. The third kappa shape index (κ3) is 3.03. The van der Waals surface area contributed by atoms with E-state index in [1.807, 2.05) is 29.1 Å². The van der Waals surface area contributed by atoms with Crippen LogP contribution >= 0.6 is 0 Å². The van der Waals surface area contributed by atoms with Crippen LogP contribution < -0.4 is 5.32 Å². The summed E-state index contributed by atoms with van der Waals surface area (Å²) in [5.74, 6) is 0. The number of hydrogen-bond acceptors (Lipinski definition) is 2. The van der Waals surface area contributed by atoms with Crippen LogP contribution in [-0.4, -0.2) is 15.8 Å². The summed E-state index contributed by atoms with van der Waals surface area (Å²) in [6.45, 7) is 6.98. The predicted octanol–water partition coefficient (Wildman–Crippen LogP) is 4.10. The molecule has 2 unspecified atom stereocenters. The molecule has 1 aliphatic carbocycles. The predicted molar refractivity (Wildman–Crippen MR) is 86.5 cm³/mol. The molecule has 1 heterocycles. The van der Waals surface area contributed by atoms with E-state index >= 15 is 0 Å². The summed E-state index contributed by atoms with van der Waals surface area (Å²) in [5, 5.41) is 8.29. The molecule has 1 aromatic carbocycles. The van der Waals surface area contributed by atoms with Crippen LogP contribution in [0.5, 0.6) is 0 Å². The summed E-state index contributed by atoms with van der Waals surface area (Å²) in [5.41, 5.74) is 2.77. The molecular formula is C18H25N3. The van der Waals surface area contributed by atoms with Crippen LogP contribution in [-0.2, 0) is 0 Å². The Morgan fingerprint density at radius 2 is 2.05 bits per heavy atom. The molecule has 0 aliphatic heterocycles. The van der Waals surface area contributed by atoms with Gasteiger partial charge < -0.3 is 5.32 Å². The fraction of sp³-hybridized carbons (Fsp3) is 0.500. The zero-order valence-electron chi connectivity index (χ0n) is 13.2. The lowest BCUT2D eigenvalue weighted by Crippen LogP contribution is -2.39. The van der Waals surface area contributed by atoms with E-state index in [2.05, 4.69) is 49.5 Å². The first-order valence-corrected chi connectivity index (χ1v) is 7.92. The minimum atomic E-state index is 0.338. The van der Waals surface area contributed by atoms with Gasteiger partial charge in [0.15, 0.2) is 0 Å². The van der Waals surface area contributed by atoms with E-state index in [0.717, 1.165) is 5.69 Å². The highest BCUT2D eigenvalue weighted by molar-refractivity contribution is 5.31. The molecule has 2 aromatic rings. The minimum Gasteiger partial charge on any atom is -0.307 e.